The molecule has 1 atom stereocenters. The summed E-state index contributed by atoms with van der Waals surface area (Å²) in [6, 6.07) is 18.1. The van der Waals surface area contributed by atoms with Crippen molar-refractivity contribution in [1.29, 1.82) is 0 Å². The number of nitrogens with zero attached hydrogens (tertiary/aromatic N) is 2. The third kappa shape index (κ3) is 6.74. The van der Waals surface area contributed by atoms with Gasteiger partial charge in [-0.15, -0.1) is 0 Å². The average molecular weight is 526 g/mol. The number of amides is 2. The van der Waals surface area contributed by atoms with E-state index in [4.69, 9.17) is 0 Å². The molecular weight excluding hydrogens is 493 g/mol. The van der Waals surface area contributed by atoms with Gasteiger partial charge in [0.1, 0.15) is 18.4 Å². The van der Waals surface area contributed by atoms with Crippen LogP contribution in [0.3, 0.4) is 0 Å². The highest BCUT2D eigenvalue weighted by Crippen LogP contribution is 2.26. The third-order valence-electron chi connectivity index (χ3n) is 6.08. The van der Waals surface area contributed by atoms with E-state index in [-0.39, 0.29) is 17.3 Å². The van der Waals surface area contributed by atoms with Gasteiger partial charge in [0.15, 0.2) is 0 Å². The van der Waals surface area contributed by atoms with Crippen molar-refractivity contribution in [2.75, 3.05) is 17.9 Å². The Morgan fingerprint density at radius 1 is 0.946 bits per heavy atom. The first kappa shape index (κ1) is 27.9. The molecule has 3 aromatic carbocycles. The molecule has 0 fully saturated rings. The van der Waals surface area contributed by atoms with Crippen molar-refractivity contribution < 1.29 is 22.4 Å². The SMILES string of the molecule is CC[C@H](C(=O)NC)N(Cc1ccc(F)cc1)C(=O)CN(c1cccc(C)c1)S(=O)(=O)c1ccc(C)cc1. The average Bonchev–Trinajstić information content (AvgIpc) is 2.88. The number of nitrogens with one attached hydrogen (secondary N) is 1. The molecule has 0 spiro atoms. The number of benzene rings is 3. The standard InChI is InChI=1S/C28H32FN3O4S/c1-5-26(28(34)30-4)31(18-22-11-13-23(29)14-12-22)27(33)19-32(24-8-6-7-21(3)17-24)37(35,36)25-15-9-20(2)10-16-25/h6-17,26H,5,18-19H2,1-4H3,(H,30,34)/t26-/m1/s1. The molecule has 196 valence electrons. The van der Waals surface area contributed by atoms with Crippen molar-refractivity contribution >= 4 is 27.5 Å². The first-order valence-corrected chi connectivity index (χ1v) is 13.4. The second-order valence-electron chi connectivity index (χ2n) is 8.85. The van der Waals surface area contributed by atoms with E-state index in [0.29, 0.717) is 17.7 Å². The molecule has 0 heterocycles. The lowest BCUT2D eigenvalue weighted by Crippen LogP contribution is -2.51. The van der Waals surface area contributed by atoms with E-state index < -0.39 is 34.3 Å². The molecule has 0 radical (unpaired) electrons. The summed E-state index contributed by atoms with van der Waals surface area (Å²) in [5, 5.41) is 2.58. The van der Waals surface area contributed by atoms with Crippen LogP contribution in [0.5, 0.6) is 0 Å². The van der Waals surface area contributed by atoms with Crippen molar-refractivity contribution in [3.05, 3.63) is 95.3 Å². The largest absolute Gasteiger partial charge is 0.357 e. The highest BCUT2D eigenvalue weighted by atomic mass is 32.2. The number of carbonyl (C=O) groups is 2. The van der Waals surface area contributed by atoms with Crippen LogP contribution in [-0.2, 0) is 26.2 Å². The molecule has 0 saturated heterocycles. The summed E-state index contributed by atoms with van der Waals surface area (Å²) in [6.45, 7) is 4.95. The van der Waals surface area contributed by atoms with Crippen molar-refractivity contribution in [2.24, 2.45) is 0 Å². The van der Waals surface area contributed by atoms with E-state index in [1.54, 1.807) is 37.3 Å². The molecule has 3 aromatic rings. The van der Waals surface area contributed by atoms with Crippen LogP contribution in [0.25, 0.3) is 0 Å². The predicted octanol–water partition coefficient (Wildman–Crippen LogP) is 4.19. The minimum Gasteiger partial charge on any atom is -0.357 e. The fraction of sp³-hybridized carbons (Fsp3) is 0.286. The monoisotopic (exact) mass is 525 g/mol. The van der Waals surface area contributed by atoms with Crippen molar-refractivity contribution in [1.82, 2.24) is 10.2 Å². The van der Waals surface area contributed by atoms with Crippen LogP contribution in [0.15, 0.2) is 77.7 Å². The van der Waals surface area contributed by atoms with Gasteiger partial charge in [-0.1, -0.05) is 48.9 Å². The number of hydrogen-bond acceptors (Lipinski definition) is 4. The lowest BCUT2D eigenvalue weighted by atomic mass is 10.1. The Morgan fingerprint density at radius 2 is 1.59 bits per heavy atom. The summed E-state index contributed by atoms with van der Waals surface area (Å²) >= 11 is 0. The second kappa shape index (κ2) is 12.0. The zero-order valence-corrected chi connectivity index (χ0v) is 22.3. The third-order valence-corrected chi connectivity index (χ3v) is 7.86. The molecule has 0 aliphatic rings. The van der Waals surface area contributed by atoms with Crippen LogP contribution in [0, 0.1) is 19.7 Å². The zero-order valence-electron chi connectivity index (χ0n) is 21.4. The summed E-state index contributed by atoms with van der Waals surface area (Å²) in [5.41, 5.74) is 2.68. The van der Waals surface area contributed by atoms with Gasteiger partial charge < -0.3 is 10.2 Å². The second-order valence-corrected chi connectivity index (χ2v) is 10.7. The number of sulfonamides is 1. The Bertz CT molecular complexity index is 1340. The molecule has 1 N–H and O–H groups in total. The van der Waals surface area contributed by atoms with E-state index in [1.165, 1.54) is 48.3 Å². The quantitative estimate of drug-likeness (QED) is 0.430. The number of hydrogen-bond donors (Lipinski definition) is 1. The normalized spacial score (nSPS) is 12.0. The minimum absolute atomic E-state index is 0.0112. The van der Waals surface area contributed by atoms with Crippen LogP contribution in [0.1, 0.15) is 30.0 Å². The van der Waals surface area contributed by atoms with Crippen LogP contribution >= 0.6 is 0 Å². The van der Waals surface area contributed by atoms with Gasteiger partial charge in [-0.3, -0.25) is 13.9 Å². The molecule has 37 heavy (non-hydrogen) atoms. The van der Waals surface area contributed by atoms with Crippen LogP contribution in [0.2, 0.25) is 0 Å². The number of carbonyl (C=O) groups excluding carboxylic acids is 2. The first-order chi connectivity index (χ1) is 17.6. The summed E-state index contributed by atoms with van der Waals surface area (Å²) in [6.07, 6.45) is 0.307. The lowest BCUT2D eigenvalue weighted by molar-refractivity contribution is -0.140. The molecule has 9 heteroatoms. The van der Waals surface area contributed by atoms with Gasteiger partial charge in [0.25, 0.3) is 10.0 Å². The number of aryl methyl sites for hydroxylation is 2. The Morgan fingerprint density at radius 3 is 2.16 bits per heavy atom. The number of anilines is 1. The molecule has 0 aromatic heterocycles. The molecule has 2 amide bonds. The summed E-state index contributed by atoms with van der Waals surface area (Å²) < 4.78 is 42.1. The maximum absolute atomic E-state index is 13.8. The lowest BCUT2D eigenvalue weighted by Gasteiger charge is -2.33. The Hall–Kier alpha value is -3.72. The number of rotatable bonds is 10. The Balaban J connectivity index is 2.05. The number of likely N-dealkylation sites (N-methyl/N-ethyl adjacent to an activating group) is 1. The predicted molar refractivity (Wildman–Crippen MR) is 142 cm³/mol. The topological polar surface area (TPSA) is 86.8 Å². The Labute approximate surface area is 218 Å². The van der Waals surface area contributed by atoms with Gasteiger partial charge in [-0.05, 0) is 67.8 Å². The summed E-state index contributed by atoms with van der Waals surface area (Å²) in [4.78, 5) is 27.9. The van der Waals surface area contributed by atoms with Crippen LogP contribution in [0.4, 0.5) is 10.1 Å². The van der Waals surface area contributed by atoms with Gasteiger partial charge in [0.2, 0.25) is 11.8 Å². The van der Waals surface area contributed by atoms with E-state index in [2.05, 4.69) is 5.32 Å². The van der Waals surface area contributed by atoms with E-state index >= 15 is 0 Å². The molecule has 0 bridgehead atoms. The van der Waals surface area contributed by atoms with Crippen molar-refractivity contribution in [2.45, 2.75) is 44.7 Å². The van der Waals surface area contributed by atoms with E-state index in [9.17, 15) is 22.4 Å². The Kier molecular flexibility index (Phi) is 9.04. The molecule has 0 saturated carbocycles. The van der Waals surface area contributed by atoms with Gasteiger partial charge in [0, 0.05) is 13.6 Å². The van der Waals surface area contributed by atoms with Gasteiger partial charge >= 0.3 is 0 Å². The van der Waals surface area contributed by atoms with Crippen molar-refractivity contribution in [3.8, 4) is 0 Å². The maximum atomic E-state index is 13.8. The van der Waals surface area contributed by atoms with Crippen molar-refractivity contribution in [3.63, 3.8) is 0 Å². The maximum Gasteiger partial charge on any atom is 0.264 e. The summed E-state index contributed by atoms with van der Waals surface area (Å²) in [7, 11) is -2.64. The molecule has 0 aliphatic carbocycles. The summed E-state index contributed by atoms with van der Waals surface area (Å²) in [5.74, 6) is -1.35. The zero-order chi connectivity index (χ0) is 27.2. The number of halogens is 1. The highest BCUT2D eigenvalue weighted by Gasteiger charge is 2.33. The molecule has 0 aliphatic heterocycles. The van der Waals surface area contributed by atoms with Crippen LogP contribution < -0.4 is 9.62 Å². The fourth-order valence-electron chi connectivity index (χ4n) is 4.02. The molecule has 0 unspecified atom stereocenters. The smallest absolute Gasteiger partial charge is 0.264 e. The molecule has 7 nitrogen and oxygen atoms in total. The van der Waals surface area contributed by atoms with Gasteiger partial charge in [-0.2, -0.15) is 0 Å². The van der Waals surface area contributed by atoms with Gasteiger partial charge in [0.05, 0.1) is 10.6 Å². The van der Waals surface area contributed by atoms with Crippen LogP contribution in [-0.4, -0.2) is 44.8 Å². The molecular formula is C28H32FN3O4S. The van der Waals surface area contributed by atoms with Gasteiger partial charge in [-0.25, -0.2) is 12.8 Å². The molecule has 3 rings (SSSR count). The highest BCUT2D eigenvalue weighted by molar-refractivity contribution is 7.92. The fourth-order valence-corrected chi connectivity index (χ4v) is 5.43. The van der Waals surface area contributed by atoms with E-state index in [0.717, 1.165) is 15.4 Å². The minimum atomic E-state index is -4.12. The van der Waals surface area contributed by atoms with E-state index in [1.807, 2.05) is 19.9 Å². The first-order valence-electron chi connectivity index (χ1n) is 12.0.